The van der Waals surface area contributed by atoms with Gasteiger partial charge in [-0.1, -0.05) is 180 Å². The van der Waals surface area contributed by atoms with Crippen LogP contribution in [0.15, 0.2) is 97.1 Å². The van der Waals surface area contributed by atoms with Gasteiger partial charge in [0.25, 0.3) is 0 Å². The Labute approximate surface area is 787 Å². The van der Waals surface area contributed by atoms with Crippen LogP contribution in [0.3, 0.4) is 0 Å². The van der Waals surface area contributed by atoms with Gasteiger partial charge in [-0.2, -0.15) is 66.4 Å². The van der Waals surface area contributed by atoms with Gasteiger partial charge in [0.1, 0.15) is 82.6 Å². The van der Waals surface area contributed by atoms with E-state index in [1.54, 1.807) is 93.8 Å². The number of nitriles is 4. The van der Waals surface area contributed by atoms with Gasteiger partial charge in [0.15, 0.2) is 36.3 Å². The van der Waals surface area contributed by atoms with Crippen LogP contribution in [0.5, 0.6) is 0 Å². The highest BCUT2D eigenvalue weighted by atomic mass is 32.2. The molecule has 0 saturated heterocycles. The molecule has 4 aromatic heterocycles. The Morgan fingerprint density at radius 1 is 0.366 bits per heavy atom. The fraction of sp³-hybridized carbons (Fsp3) is 0.465. The predicted molar refractivity (Wildman–Crippen MR) is 501 cm³/mol. The molecule has 4 atom stereocenters. The van der Waals surface area contributed by atoms with Gasteiger partial charge in [-0.25, -0.2) is 24.0 Å². The van der Waals surface area contributed by atoms with E-state index in [0.717, 1.165) is 61.6 Å². The number of nitrogens with zero attached hydrogens (tertiary/aromatic N) is 12. The largest absolute Gasteiger partial charge is 0.511 e. The van der Waals surface area contributed by atoms with Crippen LogP contribution in [-0.4, -0.2) is 160 Å². The molecule has 0 amide bonds. The fourth-order valence-electron chi connectivity index (χ4n) is 13.0. The van der Waals surface area contributed by atoms with E-state index in [1.165, 1.54) is 32.7 Å². The van der Waals surface area contributed by atoms with Crippen LogP contribution in [0.4, 0.5) is 32.3 Å². The molecule has 0 spiro atoms. The van der Waals surface area contributed by atoms with Crippen molar-refractivity contribution in [3.8, 4) is 24.3 Å². The Bertz CT molecular complexity index is 5540. The molecule has 134 heavy (non-hydrogen) atoms. The van der Waals surface area contributed by atoms with E-state index < -0.39 is 75.1 Å². The average molecular weight is 1880 g/mol. The van der Waals surface area contributed by atoms with Crippen LogP contribution in [0.1, 0.15) is 223 Å². The number of halogens is 3. The second-order valence-electron chi connectivity index (χ2n) is 35.0. The molecule has 722 valence electrons. The number of thioether (sulfide) groups is 1. The van der Waals surface area contributed by atoms with Crippen molar-refractivity contribution < 1.29 is 103 Å². The zero-order chi connectivity index (χ0) is 101. The lowest BCUT2D eigenvalue weighted by atomic mass is 9.86. The Hall–Kier alpha value is -13.5. The first-order valence-electron chi connectivity index (χ1n) is 42.7. The monoisotopic (exact) mass is 1870 g/mol. The van der Waals surface area contributed by atoms with Gasteiger partial charge in [0.2, 0.25) is 25.2 Å². The number of hydrogen-bond acceptors (Lipinski definition) is 28. The van der Waals surface area contributed by atoms with Crippen molar-refractivity contribution >= 4 is 87.7 Å². The number of hydrogen-bond donors (Lipinski definition) is 0. The van der Waals surface area contributed by atoms with Crippen LogP contribution < -0.4 is 0 Å². The molecule has 0 radical (unpaired) electrons. The van der Waals surface area contributed by atoms with Gasteiger partial charge in [-0.05, 0) is 128 Å². The van der Waals surface area contributed by atoms with Crippen molar-refractivity contribution in [2.75, 3.05) is 59.3 Å². The van der Waals surface area contributed by atoms with Crippen LogP contribution in [0.2, 0.25) is 0 Å². The summed E-state index contributed by atoms with van der Waals surface area (Å²) in [5.74, 6) is 0.802. The molecule has 0 saturated carbocycles. The molecule has 8 rings (SSSR count). The maximum absolute atomic E-state index is 12.3. The molecule has 4 unspecified atom stereocenters. The third kappa shape index (κ3) is 32.2. The number of esters is 1. The quantitative estimate of drug-likeness (QED) is 0.0105. The third-order valence-corrected chi connectivity index (χ3v) is 21.1. The smallest absolute Gasteiger partial charge is 0.466 e. The highest BCUT2D eigenvalue weighted by Gasteiger charge is 2.34. The number of rotatable bonds is 29. The molecule has 0 N–H and O–H groups in total. The summed E-state index contributed by atoms with van der Waals surface area (Å²) in [7, 11) is 9.66. The number of carbonyl (C=O) groups is 5. The minimum absolute atomic E-state index is 0.0108. The molecule has 0 fully saturated rings. The lowest BCUT2D eigenvalue weighted by molar-refractivity contribution is -0.171. The van der Waals surface area contributed by atoms with Crippen molar-refractivity contribution in [1.29, 1.82) is 21.0 Å². The minimum Gasteiger partial charge on any atom is -0.466 e. The highest BCUT2D eigenvalue weighted by Crippen LogP contribution is 2.39. The average Bonchev–Trinajstić information content (AvgIpc) is 1.65. The summed E-state index contributed by atoms with van der Waals surface area (Å²) in [5, 5.41) is 58.0. The first-order chi connectivity index (χ1) is 62.5. The lowest BCUT2D eigenvalue weighted by Crippen LogP contribution is -2.24. The first kappa shape index (κ1) is 111. The topological polar surface area (TPSA) is 381 Å². The van der Waals surface area contributed by atoms with Gasteiger partial charge in [-0.3, -0.25) is 18.7 Å². The van der Waals surface area contributed by atoms with Crippen LogP contribution in [-0.2, 0) is 121 Å². The summed E-state index contributed by atoms with van der Waals surface area (Å²) < 4.78 is 116. The van der Waals surface area contributed by atoms with Crippen molar-refractivity contribution in [2.45, 2.75) is 219 Å². The predicted octanol–water partition coefficient (Wildman–Crippen LogP) is 20.7. The number of aromatic nitrogens is 8. The van der Waals surface area contributed by atoms with E-state index in [9.17, 15) is 58.2 Å². The van der Waals surface area contributed by atoms with Gasteiger partial charge < -0.3 is 66.3 Å². The van der Waals surface area contributed by atoms with Crippen molar-refractivity contribution in [3.05, 3.63) is 209 Å². The van der Waals surface area contributed by atoms with Gasteiger partial charge in [0, 0.05) is 91.0 Å². The molecule has 0 aliphatic rings. The minimum atomic E-state index is -4.69. The maximum Gasteiger partial charge on any atom is 0.511 e. The number of methoxy groups -OCH3 is 2. The summed E-state index contributed by atoms with van der Waals surface area (Å²) >= 11 is 1.57. The number of alkyl halides is 3. The fourth-order valence-corrected chi connectivity index (χ4v) is 13.2. The van der Waals surface area contributed by atoms with Crippen molar-refractivity contribution in [1.82, 2.24) is 39.1 Å². The molecule has 0 bridgehead atoms. The number of aryl methyl sites for hydroxylation is 8. The van der Waals surface area contributed by atoms with Crippen LogP contribution >= 0.6 is 11.8 Å². The number of benzene rings is 4. The maximum atomic E-state index is 12.3. The number of carbonyl (C=O) groups excluding carboxylic acids is 5. The van der Waals surface area contributed by atoms with E-state index in [0.29, 0.717) is 73.4 Å². The zero-order valence-corrected chi connectivity index (χ0v) is 83.3. The molecule has 0 aliphatic heterocycles. The first-order valence-corrected chi connectivity index (χ1v) is 44.1. The molecule has 4 heterocycles. The lowest BCUT2D eigenvalue weighted by Gasteiger charge is -2.21. The Morgan fingerprint density at radius 2 is 0.597 bits per heavy atom. The summed E-state index contributed by atoms with van der Waals surface area (Å²) in [4.78, 5) is 58.7. The van der Waals surface area contributed by atoms with Crippen LogP contribution in [0.25, 0.3) is 45.3 Å². The SMILES string of the molecule is COC(=O)COC(=O)OC(C)O/C(=C(/C#N)c1ccc(C(C)(C)C)cc1)c1c(C)c(C)nn1C.COCCOC(=O)OC(C)O/C(=C(/C#N)c1ccc(C(C)(C)C)cc1)c1c(C)c(C)nn1C.CSCCOC(=O)OC(C)O/C(=C(/C#N)c1ccc(C(C)(C)C)cc1)c1c(C)c(C)nn1C.Cc1nn(C)c(/C(OC(C)OC(=O)OCC(F)(F)F)=C(\C#N)c2ccc(C(C)(C)C)cc2)c1C. The molecular formula is C99H125F3N12O19S. The number of ether oxygens (including phenoxy) is 14. The van der Waals surface area contributed by atoms with E-state index in [1.807, 2.05) is 133 Å². The Morgan fingerprint density at radius 3 is 0.791 bits per heavy atom. The summed E-state index contributed by atoms with van der Waals surface area (Å²) in [5.41, 5.74) is 16.6. The van der Waals surface area contributed by atoms with Crippen LogP contribution in [0, 0.1) is 101 Å². The molecule has 8 aromatic rings. The molecular weight excluding hydrogens is 1750 g/mol. The summed E-state index contributed by atoms with van der Waals surface area (Å²) in [6.45, 7) is 44.4. The third-order valence-electron chi connectivity index (χ3n) is 20.5. The summed E-state index contributed by atoms with van der Waals surface area (Å²) in [6, 6.07) is 39.5. The van der Waals surface area contributed by atoms with Gasteiger partial charge >= 0.3 is 36.8 Å². The van der Waals surface area contributed by atoms with E-state index >= 15 is 0 Å². The van der Waals surface area contributed by atoms with Crippen molar-refractivity contribution in [2.24, 2.45) is 28.2 Å². The van der Waals surface area contributed by atoms with Gasteiger partial charge in [-0.15, -0.1) is 0 Å². The van der Waals surface area contributed by atoms with E-state index in [-0.39, 0.29) is 69.9 Å². The highest BCUT2D eigenvalue weighted by molar-refractivity contribution is 7.98. The standard InChI is InChI=1S/C25H31N3O6.C25H33N3O5.C25H33N3O4S.C24H28F3N3O4/c1-15-16(2)27-28(7)22(15)23(33-17(3)34-24(30)32-14-21(29)31-8)20(13-26)18-9-11-19(12-10-18)25(4,5)6;1-16-17(2)27-28(7)22(16)23(32-18(3)33-24(29)31-14-13-30-8)21(15-26)19-9-11-20(12-10-19)25(4,5)6;1-16-17(2)27-28(7)22(16)23(31-18(3)32-24(29)30-13-14-33-8)21(15-26)19-9-11-20(12-10-19)25(4,5)6;1-14-15(2)29-30(7)20(14)21(33-16(3)34-22(31)32-13-24(25,26)27)19(12-28)17-8-10-18(11-9-17)23(4,5)6/h9-12,17H,14H2,1-8H3;2*9-12,18H,13-14H2,1-8H3;8-11,16H,13H2,1-7H3/b23-20-;2*23-21-;21-19-. The molecule has 0 aliphatic carbocycles. The van der Waals surface area contributed by atoms with Gasteiger partial charge in [0.05, 0.1) is 36.5 Å². The second kappa shape index (κ2) is 49.3. The molecule has 35 heteroatoms. The van der Waals surface area contributed by atoms with E-state index in [4.69, 9.17) is 56.8 Å². The van der Waals surface area contributed by atoms with Crippen molar-refractivity contribution in [3.63, 3.8) is 0 Å². The summed E-state index contributed by atoms with van der Waals surface area (Å²) in [6.07, 6.45) is -11.6. The van der Waals surface area contributed by atoms with E-state index in [2.05, 4.69) is 137 Å². The normalized spacial score (nSPS) is 13.1. The Kier molecular flexibility index (Phi) is 40.8. The zero-order valence-electron chi connectivity index (χ0n) is 82.5. The molecule has 4 aromatic carbocycles. The second-order valence-corrected chi connectivity index (χ2v) is 36.0. The number of allylic oxidation sites excluding steroid dienone is 4. The molecule has 31 nitrogen and oxygen atoms in total. The Balaban J connectivity index is 0.000000316.